The number of imide groups is 1. The van der Waals surface area contributed by atoms with E-state index >= 15 is 0 Å². The molecule has 0 saturated carbocycles. The molecule has 0 bridgehead atoms. The molecule has 5 nitrogen and oxygen atoms in total. The normalized spacial score (nSPS) is 14.7. The van der Waals surface area contributed by atoms with Crippen LogP contribution in [0.4, 0.5) is 9.18 Å². The van der Waals surface area contributed by atoms with Gasteiger partial charge < -0.3 is 9.47 Å². The van der Waals surface area contributed by atoms with Crippen molar-refractivity contribution in [2.45, 2.75) is 13.2 Å². The predicted octanol–water partition coefficient (Wildman–Crippen LogP) is 6.96. The summed E-state index contributed by atoms with van der Waals surface area (Å²) in [6.45, 7) is 0.0124. The summed E-state index contributed by atoms with van der Waals surface area (Å²) in [7, 11) is 1.51. The van der Waals surface area contributed by atoms with E-state index in [1.54, 1.807) is 30.3 Å². The Morgan fingerprint density at radius 1 is 1.00 bits per heavy atom. The number of benzene rings is 3. The summed E-state index contributed by atoms with van der Waals surface area (Å²) in [5.74, 6) is -0.139. The van der Waals surface area contributed by atoms with Crippen molar-refractivity contribution in [1.29, 1.82) is 0 Å². The van der Waals surface area contributed by atoms with Crippen LogP contribution in [-0.4, -0.2) is 23.2 Å². The first kappa shape index (κ1) is 24.1. The molecule has 34 heavy (non-hydrogen) atoms. The van der Waals surface area contributed by atoms with E-state index in [4.69, 9.17) is 32.7 Å². The van der Waals surface area contributed by atoms with Crippen molar-refractivity contribution in [1.82, 2.24) is 4.90 Å². The Bertz CT molecular complexity index is 1280. The zero-order valence-corrected chi connectivity index (χ0v) is 20.2. The second-order valence-electron chi connectivity index (χ2n) is 7.26. The Morgan fingerprint density at radius 2 is 1.76 bits per heavy atom. The molecule has 1 saturated heterocycles. The Hall–Kier alpha value is -3.00. The lowest BCUT2D eigenvalue weighted by Crippen LogP contribution is -2.28. The summed E-state index contributed by atoms with van der Waals surface area (Å²) in [4.78, 5) is 26.5. The van der Waals surface area contributed by atoms with E-state index in [-0.39, 0.29) is 28.6 Å². The standard InChI is InChI=1S/C25H18Cl2FNO4S/c1-32-22-11-15(9-10-21(22)33-14-16-5-2-3-6-18(16)26)12-23-24(30)29(25(31)34-23)13-17-19(27)7-4-8-20(17)28/h2-12H,13-14H2,1H3. The third kappa shape index (κ3) is 5.22. The van der Waals surface area contributed by atoms with E-state index in [1.165, 1.54) is 25.3 Å². The molecular weight excluding hydrogens is 500 g/mol. The molecule has 1 heterocycles. The van der Waals surface area contributed by atoms with Crippen molar-refractivity contribution in [2.75, 3.05) is 7.11 Å². The van der Waals surface area contributed by atoms with Gasteiger partial charge in [0, 0.05) is 21.2 Å². The van der Waals surface area contributed by atoms with Gasteiger partial charge in [0.15, 0.2) is 11.5 Å². The van der Waals surface area contributed by atoms with Gasteiger partial charge in [0.1, 0.15) is 12.4 Å². The highest BCUT2D eigenvalue weighted by Gasteiger charge is 2.36. The number of methoxy groups -OCH3 is 1. The third-order valence-electron chi connectivity index (χ3n) is 5.08. The van der Waals surface area contributed by atoms with Crippen molar-refractivity contribution >= 4 is 52.2 Å². The van der Waals surface area contributed by atoms with Crippen molar-refractivity contribution in [3.05, 3.63) is 98.1 Å². The predicted molar refractivity (Wildman–Crippen MR) is 132 cm³/mol. The number of carbonyl (C=O) groups is 2. The number of rotatable bonds is 7. The van der Waals surface area contributed by atoms with Crippen LogP contribution >= 0.6 is 35.0 Å². The van der Waals surface area contributed by atoms with Crippen LogP contribution in [0.1, 0.15) is 16.7 Å². The van der Waals surface area contributed by atoms with Crippen molar-refractivity contribution in [3.8, 4) is 11.5 Å². The number of hydrogen-bond donors (Lipinski definition) is 0. The molecule has 0 aliphatic carbocycles. The van der Waals surface area contributed by atoms with Crippen LogP contribution in [0.25, 0.3) is 6.08 Å². The van der Waals surface area contributed by atoms with E-state index in [1.807, 2.05) is 18.2 Å². The Morgan fingerprint density at radius 3 is 2.50 bits per heavy atom. The van der Waals surface area contributed by atoms with Crippen LogP contribution in [-0.2, 0) is 17.9 Å². The molecule has 1 aliphatic heterocycles. The van der Waals surface area contributed by atoms with Crippen LogP contribution in [0.3, 0.4) is 0 Å². The number of amides is 2. The molecule has 2 amide bonds. The lowest BCUT2D eigenvalue weighted by atomic mass is 10.1. The van der Waals surface area contributed by atoms with Crippen LogP contribution in [0, 0.1) is 5.82 Å². The molecule has 0 aromatic heterocycles. The van der Waals surface area contributed by atoms with E-state index in [9.17, 15) is 14.0 Å². The topological polar surface area (TPSA) is 55.8 Å². The molecule has 0 spiro atoms. The SMILES string of the molecule is COc1cc(C=C2SC(=O)N(Cc3c(F)cccc3Cl)C2=O)ccc1OCc1ccccc1Cl. The monoisotopic (exact) mass is 517 g/mol. The molecule has 174 valence electrons. The Kier molecular flexibility index (Phi) is 7.46. The summed E-state index contributed by atoms with van der Waals surface area (Å²) >= 11 is 13.0. The fourth-order valence-electron chi connectivity index (χ4n) is 3.29. The van der Waals surface area contributed by atoms with Crippen LogP contribution in [0.15, 0.2) is 65.6 Å². The molecule has 3 aromatic carbocycles. The van der Waals surface area contributed by atoms with Gasteiger partial charge in [0.25, 0.3) is 11.1 Å². The largest absolute Gasteiger partial charge is 0.493 e. The highest BCUT2D eigenvalue weighted by atomic mass is 35.5. The van der Waals surface area contributed by atoms with Crippen molar-refractivity contribution < 1.29 is 23.5 Å². The van der Waals surface area contributed by atoms with Crippen LogP contribution in [0.5, 0.6) is 11.5 Å². The lowest BCUT2D eigenvalue weighted by molar-refractivity contribution is -0.123. The molecule has 3 aromatic rings. The zero-order chi connectivity index (χ0) is 24.2. The molecule has 4 rings (SSSR count). The van der Waals surface area contributed by atoms with Gasteiger partial charge in [-0.2, -0.15) is 0 Å². The van der Waals surface area contributed by atoms with Gasteiger partial charge >= 0.3 is 0 Å². The molecule has 1 fully saturated rings. The maximum Gasteiger partial charge on any atom is 0.293 e. The first-order valence-electron chi connectivity index (χ1n) is 10.1. The Labute approximate surface area is 210 Å². The van der Waals surface area contributed by atoms with Crippen molar-refractivity contribution in [2.24, 2.45) is 0 Å². The summed E-state index contributed by atoms with van der Waals surface area (Å²) in [5.41, 5.74) is 1.56. The first-order valence-corrected chi connectivity index (χ1v) is 11.7. The molecule has 1 aliphatic rings. The Balaban J connectivity index is 1.51. The first-order chi connectivity index (χ1) is 16.4. The molecule has 0 atom stereocenters. The number of nitrogens with zero attached hydrogens (tertiary/aromatic N) is 1. The van der Waals surface area contributed by atoms with Crippen LogP contribution < -0.4 is 9.47 Å². The fourth-order valence-corrected chi connectivity index (χ4v) is 4.54. The minimum absolute atomic E-state index is 0.0920. The second kappa shape index (κ2) is 10.5. The second-order valence-corrected chi connectivity index (χ2v) is 9.07. The third-order valence-corrected chi connectivity index (χ3v) is 6.71. The van der Waals surface area contributed by atoms with E-state index in [2.05, 4.69) is 0 Å². The maximum atomic E-state index is 14.1. The molecular formula is C25H18Cl2FNO4S. The van der Waals surface area contributed by atoms with Gasteiger partial charge in [-0.25, -0.2) is 4.39 Å². The van der Waals surface area contributed by atoms with Gasteiger partial charge in [-0.3, -0.25) is 14.5 Å². The summed E-state index contributed by atoms with van der Waals surface area (Å²) < 4.78 is 25.4. The van der Waals surface area contributed by atoms with Crippen molar-refractivity contribution in [3.63, 3.8) is 0 Å². The fraction of sp³-hybridized carbons (Fsp3) is 0.120. The number of thioether (sulfide) groups is 1. The smallest absolute Gasteiger partial charge is 0.293 e. The quantitative estimate of drug-likeness (QED) is 0.317. The van der Waals surface area contributed by atoms with Gasteiger partial charge in [-0.05, 0) is 53.7 Å². The van der Waals surface area contributed by atoms with E-state index in [0.29, 0.717) is 22.1 Å². The van der Waals surface area contributed by atoms with Gasteiger partial charge in [-0.15, -0.1) is 0 Å². The van der Waals surface area contributed by atoms with Gasteiger partial charge in [-0.1, -0.05) is 53.5 Å². The number of hydrogen-bond acceptors (Lipinski definition) is 5. The number of carbonyl (C=O) groups excluding carboxylic acids is 2. The zero-order valence-electron chi connectivity index (χ0n) is 17.9. The molecule has 0 unspecified atom stereocenters. The molecule has 0 N–H and O–H groups in total. The molecule has 9 heteroatoms. The van der Waals surface area contributed by atoms with E-state index < -0.39 is 17.0 Å². The maximum absolute atomic E-state index is 14.1. The van der Waals surface area contributed by atoms with E-state index in [0.717, 1.165) is 22.2 Å². The minimum atomic E-state index is -0.576. The highest BCUT2D eigenvalue weighted by molar-refractivity contribution is 8.18. The highest BCUT2D eigenvalue weighted by Crippen LogP contribution is 2.36. The lowest BCUT2D eigenvalue weighted by Gasteiger charge is -2.14. The number of halogens is 3. The number of ether oxygens (including phenoxy) is 2. The summed E-state index contributed by atoms with van der Waals surface area (Å²) in [6.07, 6.45) is 1.58. The average molecular weight is 518 g/mol. The van der Waals surface area contributed by atoms with Gasteiger partial charge in [0.05, 0.1) is 18.6 Å². The van der Waals surface area contributed by atoms with Crippen LogP contribution in [0.2, 0.25) is 10.0 Å². The molecule has 0 radical (unpaired) electrons. The summed E-state index contributed by atoms with van der Waals surface area (Å²) in [6, 6.07) is 16.7. The summed E-state index contributed by atoms with van der Waals surface area (Å²) in [5, 5.41) is 0.257. The average Bonchev–Trinajstić information content (AvgIpc) is 3.08. The van der Waals surface area contributed by atoms with Gasteiger partial charge in [0.2, 0.25) is 0 Å². The minimum Gasteiger partial charge on any atom is -0.493 e.